The van der Waals surface area contributed by atoms with E-state index in [1.165, 1.54) is 18.5 Å². The topological polar surface area (TPSA) is 152 Å². The van der Waals surface area contributed by atoms with Crippen molar-refractivity contribution in [2.75, 3.05) is 24.1 Å². The van der Waals surface area contributed by atoms with Gasteiger partial charge in [0, 0.05) is 24.7 Å². The number of rotatable bonds is 5. The Morgan fingerprint density at radius 1 is 1.41 bits per heavy atom. The number of nitrogens with one attached hydrogen (secondary N) is 2. The second kappa shape index (κ2) is 10.1. The van der Waals surface area contributed by atoms with E-state index >= 15 is 0 Å². The molecule has 0 radical (unpaired) electrons. The molecular weight excluding hydrogens is 454 g/mol. The minimum absolute atomic E-state index is 0.0242. The summed E-state index contributed by atoms with van der Waals surface area (Å²) in [5, 5.41) is 31.6. The van der Waals surface area contributed by atoms with Gasteiger partial charge in [-0.25, -0.2) is 9.97 Å². The summed E-state index contributed by atoms with van der Waals surface area (Å²) in [4.78, 5) is 22.9. The van der Waals surface area contributed by atoms with Gasteiger partial charge in [0.15, 0.2) is 0 Å². The second-order valence-corrected chi connectivity index (χ2v) is 9.70. The number of hydrogen-bond donors (Lipinski definition) is 4. The summed E-state index contributed by atoms with van der Waals surface area (Å²) >= 11 is 5.89. The molecule has 9 nitrogen and oxygen atoms in total. The van der Waals surface area contributed by atoms with E-state index in [1.54, 1.807) is 17.0 Å². The molecule has 1 atom stereocenters. The Balaban J connectivity index is 1.83. The number of piperidine rings is 1. The minimum atomic E-state index is -0.296. The summed E-state index contributed by atoms with van der Waals surface area (Å²) in [6.07, 6.45) is 4.51. The van der Waals surface area contributed by atoms with Crippen molar-refractivity contribution in [1.29, 1.82) is 10.7 Å². The van der Waals surface area contributed by atoms with Crippen LogP contribution in [0.2, 0.25) is 5.02 Å². The average Bonchev–Trinajstić information content (AvgIpc) is 2.78. The zero-order valence-corrected chi connectivity index (χ0v) is 20.1. The van der Waals surface area contributed by atoms with Crippen LogP contribution in [0.25, 0.3) is 0 Å². The fourth-order valence-electron chi connectivity index (χ4n) is 3.79. The van der Waals surface area contributed by atoms with Crippen LogP contribution in [-0.4, -0.2) is 50.7 Å². The van der Waals surface area contributed by atoms with Crippen LogP contribution in [0, 0.1) is 22.2 Å². The smallest absolute Gasteiger partial charge is 0.264 e. The first-order valence-electron chi connectivity index (χ1n) is 10.9. The Morgan fingerprint density at radius 3 is 2.79 bits per heavy atom. The number of nitrogen functional groups attached to an aromatic ring is 1. The zero-order chi connectivity index (χ0) is 25.0. The highest BCUT2D eigenvalue weighted by Gasteiger charge is 2.28. The van der Waals surface area contributed by atoms with Gasteiger partial charge in [-0.05, 0) is 30.4 Å². The number of aromatic hydroxyl groups is 1. The summed E-state index contributed by atoms with van der Waals surface area (Å²) in [6, 6.07) is 6.35. The molecule has 178 valence electrons. The molecule has 34 heavy (non-hydrogen) atoms. The molecule has 1 aromatic heterocycles. The van der Waals surface area contributed by atoms with E-state index < -0.39 is 0 Å². The van der Waals surface area contributed by atoms with Crippen LogP contribution >= 0.6 is 11.6 Å². The maximum Gasteiger partial charge on any atom is 0.264 e. The molecule has 2 aromatic rings. The number of anilines is 2. The molecule has 1 fully saturated rings. The highest BCUT2D eigenvalue weighted by molar-refractivity contribution is 6.32. The van der Waals surface area contributed by atoms with Gasteiger partial charge in [0.1, 0.15) is 35.4 Å². The van der Waals surface area contributed by atoms with Crippen molar-refractivity contribution in [3.05, 3.63) is 52.3 Å². The summed E-state index contributed by atoms with van der Waals surface area (Å²) in [7, 11) is 0. The molecule has 0 aliphatic carbocycles. The van der Waals surface area contributed by atoms with Gasteiger partial charge in [0.2, 0.25) is 0 Å². The van der Waals surface area contributed by atoms with E-state index in [9.17, 15) is 15.2 Å². The van der Waals surface area contributed by atoms with Crippen LogP contribution in [0.3, 0.4) is 0 Å². The fourth-order valence-corrected chi connectivity index (χ4v) is 3.90. The van der Waals surface area contributed by atoms with Crippen LogP contribution in [0.4, 0.5) is 11.6 Å². The van der Waals surface area contributed by atoms with E-state index in [1.807, 2.05) is 26.8 Å². The maximum atomic E-state index is 13.0. The van der Waals surface area contributed by atoms with Gasteiger partial charge in [-0.1, -0.05) is 44.5 Å². The molecule has 5 N–H and O–H groups in total. The van der Waals surface area contributed by atoms with Crippen LogP contribution < -0.4 is 11.1 Å². The number of halogens is 1. The van der Waals surface area contributed by atoms with Gasteiger partial charge >= 0.3 is 0 Å². The Labute approximate surface area is 203 Å². The zero-order valence-electron chi connectivity index (χ0n) is 19.4. The van der Waals surface area contributed by atoms with Crippen molar-refractivity contribution in [2.24, 2.45) is 5.41 Å². The Morgan fingerprint density at radius 2 is 2.15 bits per heavy atom. The van der Waals surface area contributed by atoms with E-state index in [2.05, 4.69) is 15.3 Å². The number of carbonyl (C=O) groups is 1. The predicted octanol–water partition coefficient (Wildman–Crippen LogP) is 3.73. The average molecular weight is 482 g/mol. The van der Waals surface area contributed by atoms with Crippen LogP contribution in [0.5, 0.6) is 5.75 Å². The lowest BCUT2D eigenvalue weighted by molar-refractivity contribution is -0.127. The molecular formula is C24H28ClN7O2. The van der Waals surface area contributed by atoms with Gasteiger partial charge in [0.25, 0.3) is 5.91 Å². The number of aromatic nitrogens is 2. The molecule has 0 saturated carbocycles. The molecule has 1 aliphatic rings. The third kappa shape index (κ3) is 5.83. The van der Waals surface area contributed by atoms with Crippen molar-refractivity contribution >= 4 is 34.9 Å². The number of allylic oxidation sites excluding steroid dienone is 1. The quantitative estimate of drug-likeness (QED) is 0.288. The molecule has 1 aromatic carbocycles. The summed E-state index contributed by atoms with van der Waals surface area (Å²) in [5.41, 5.74) is 6.65. The minimum Gasteiger partial charge on any atom is -0.506 e. The number of likely N-dealkylation sites (tertiary alicyclic amines) is 1. The highest BCUT2D eigenvalue weighted by atomic mass is 35.5. The molecule has 1 saturated heterocycles. The summed E-state index contributed by atoms with van der Waals surface area (Å²) in [6.45, 7) is 6.75. The number of carbonyl (C=O) groups excluding carboxylic acids is 1. The molecule has 1 amide bonds. The van der Waals surface area contributed by atoms with Crippen LogP contribution in [-0.2, 0) is 4.79 Å². The number of nitrogens with zero attached hydrogens (tertiary/aromatic N) is 4. The van der Waals surface area contributed by atoms with Crippen LogP contribution in [0.15, 0.2) is 36.2 Å². The van der Waals surface area contributed by atoms with Crippen molar-refractivity contribution in [3.63, 3.8) is 0 Å². The lowest BCUT2D eigenvalue weighted by atomic mass is 9.93. The number of hydrogen-bond acceptors (Lipinski definition) is 8. The second-order valence-electron chi connectivity index (χ2n) is 9.29. The van der Waals surface area contributed by atoms with Gasteiger partial charge in [-0.15, -0.1) is 0 Å². The van der Waals surface area contributed by atoms with Crippen molar-refractivity contribution in [1.82, 2.24) is 14.9 Å². The standard InChI is InChI=1S/C24H28ClN7O2/c1-24(2,3)10-15(11-26)23(34)32-8-4-5-16(12-32)31-22-19(21(28)29-13-30-22)20(27)14-6-7-17(25)18(33)9-14/h6-7,9-10,13,16,27,33H,4-5,8,12H2,1-3H3,(H3,28,29,30,31)/b15-10+,27-20?. The van der Waals surface area contributed by atoms with Gasteiger partial charge in [-0.2, -0.15) is 5.26 Å². The lowest BCUT2D eigenvalue weighted by Crippen LogP contribution is -2.46. The number of nitriles is 1. The molecule has 10 heteroatoms. The number of amides is 1. The summed E-state index contributed by atoms with van der Waals surface area (Å²) in [5.74, 6) is 0.0279. The molecule has 1 aliphatic heterocycles. The van der Waals surface area contributed by atoms with E-state index in [-0.39, 0.29) is 50.8 Å². The number of nitrogens with two attached hydrogens (primary N) is 1. The first-order valence-corrected chi connectivity index (χ1v) is 11.2. The largest absolute Gasteiger partial charge is 0.506 e. The molecule has 2 heterocycles. The SMILES string of the molecule is CC(C)(C)/C=C(\C#N)C(=O)N1CCCC(Nc2ncnc(N)c2C(=N)c2ccc(Cl)c(O)c2)C1. The normalized spacial score (nSPS) is 16.6. The lowest BCUT2D eigenvalue weighted by Gasteiger charge is -2.34. The highest BCUT2D eigenvalue weighted by Crippen LogP contribution is 2.29. The third-order valence-electron chi connectivity index (χ3n) is 5.34. The number of phenols is 1. The van der Waals surface area contributed by atoms with E-state index in [4.69, 9.17) is 22.7 Å². The van der Waals surface area contributed by atoms with Crippen molar-refractivity contribution < 1.29 is 9.90 Å². The van der Waals surface area contributed by atoms with Crippen molar-refractivity contribution in [2.45, 2.75) is 39.7 Å². The van der Waals surface area contributed by atoms with Gasteiger partial charge in [0.05, 0.1) is 16.3 Å². The van der Waals surface area contributed by atoms with Crippen molar-refractivity contribution in [3.8, 4) is 11.8 Å². The Kier molecular flexibility index (Phi) is 7.42. The molecule has 1 unspecified atom stereocenters. The molecule has 3 rings (SSSR count). The monoisotopic (exact) mass is 481 g/mol. The Hall–Kier alpha value is -3.64. The Bertz CT molecular complexity index is 1180. The van der Waals surface area contributed by atoms with Gasteiger partial charge < -0.3 is 21.1 Å². The molecule has 0 spiro atoms. The first kappa shape index (κ1) is 25.0. The number of benzene rings is 1. The first-order chi connectivity index (χ1) is 16.0. The molecule has 0 bridgehead atoms. The number of phenolic OH excluding ortho intramolecular Hbond substituents is 1. The maximum absolute atomic E-state index is 13.0. The van der Waals surface area contributed by atoms with E-state index in [0.717, 1.165) is 12.8 Å². The van der Waals surface area contributed by atoms with E-state index in [0.29, 0.717) is 24.5 Å². The summed E-state index contributed by atoms with van der Waals surface area (Å²) < 4.78 is 0. The predicted molar refractivity (Wildman–Crippen MR) is 132 cm³/mol. The third-order valence-corrected chi connectivity index (χ3v) is 5.66. The van der Waals surface area contributed by atoms with Gasteiger partial charge in [-0.3, -0.25) is 10.2 Å². The fraction of sp³-hybridized carbons (Fsp3) is 0.375. The van der Waals surface area contributed by atoms with Crippen LogP contribution in [0.1, 0.15) is 44.7 Å².